The molecule has 0 spiro atoms. The lowest BCUT2D eigenvalue weighted by Crippen LogP contribution is -2.24. The van der Waals surface area contributed by atoms with Gasteiger partial charge in [0.05, 0.1) is 18.5 Å². The minimum atomic E-state index is -0.0261. The second-order valence-electron chi connectivity index (χ2n) is 5.77. The number of benzene rings is 2. The van der Waals surface area contributed by atoms with E-state index in [2.05, 4.69) is 10.3 Å². The molecule has 0 fully saturated rings. The van der Waals surface area contributed by atoms with Crippen molar-refractivity contribution in [2.24, 2.45) is 0 Å². The van der Waals surface area contributed by atoms with Crippen LogP contribution in [0.2, 0.25) is 0 Å². The number of rotatable bonds is 3. The van der Waals surface area contributed by atoms with Crippen LogP contribution in [0.25, 0.3) is 5.69 Å². The smallest absolute Gasteiger partial charge is 0.226 e. The number of aromatic nitrogens is 2. The average Bonchev–Trinajstić information content (AvgIpc) is 3.05. The Morgan fingerprint density at radius 1 is 1.17 bits per heavy atom. The summed E-state index contributed by atoms with van der Waals surface area (Å²) in [5.41, 5.74) is 2.89. The predicted molar refractivity (Wildman–Crippen MR) is 91.6 cm³/mol. The summed E-state index contributed by atoms with van der Waals surface area (Å²) in [6.45, 7) is 0. The van der Waals surface area contributed by atoms with Crippen molar-refractivity contribution in [1.29, 1.82) is 0 Å². The molecule has 120 valence electrons. The standard InChI is InChI=1S/C19H17N3O2/c1-24-15-9-5-8-14(10-15)22-12-20-18-16(11-17(23)21-19(18)22)13-6-3-2-4-7-13/h2-10,12,16H,11H2,1H3,(H,21,23). The lowest BCUT2D eigenvalue weighted by molar-refractivity contribution is -0.116. The zero-order chi connectivity index (χ0) is 16.5. The van der Waals surface area contributed by atoms with Gasteiger partial charge in [-0.2, -0.15) is 0 Å². The molecule has 1 aliphatic heterocycles. The summed E-state index contributed by atoms with van der Waals surface area (Å²) in [4.78, 5) is 16.8. The van der Waals surface area contributed by atoms with Crippen LogP contribution in [0, 0.1) is 0 Å². The molecule has 1 N–H and O–H groups in total. The van der Waals surface area contributed by atoms with Crippen molar-refractivity contribution in [3.05, 3.63) is 72.2 Å². The van der Waals surface area contributed by atoms with Crippen molar-refractivity contribution in [2.75, 3.05) is 12.4 Å². The highest BCUT2D eigenvalue weighted by molar-refractivity contribution is 5.94. The van der Waals surface area contributed by atoms with Gasteiger partial charge in [0, 0.05) is 18.4 Å². The fraction of sp³-hybridized carbons (Fsp3) is 0.158. The number of nitrogens with zero attached hydrogens (tertiary/aromatic N) is 2. The summed E-state index contributed by atoms with van der Waals surface area (Å²) in [6, 6.07) is 17.7. The fourth-order valence-electron chi connectivity index (χ4n) is 3.12. The van der Waals surface area contributed by atoms with Crippen LogP contribution < -0.4 is 10.1 Å². The highest BCUT2D eigenvalue weighted by atomic mass is 16.5. The number of hydrogen-bond donors (Lipinski definition) is 1. The molecule has 1 aromatic heterocycles. The van der Waals surface area contributed by atoms with Gasteiger partial charge < -0.3 is 10.1 Å². The number of carbonyl (C=O) groups is 1. The largest absolute Gasteiger partial charge is 0.497 e. The summed E-state index contributed by atoms with van der Waals surface area (Å²) < 4.78 is 7.18. The van der Waals surface area contributed by atoms with Crippen molar-refractivity contribution in [3.8, 4) is 11.4 Å². The summed E-state index contributed by atoms with van der Waals surface area (Å²) in [7, 11) is 1.63. The molecule has 0 radical (unpaired) electrons. The van der Waals surface area contributed by atoms with Gasteiger partial charge in [-0.3, -0.25) is 9.36 Å². The van der Waals surface area contributed by atoms with Gasteiger partial charge in [0.1, 0.15) is 17.9 Å². The Morgan fingerprint density at radius 3 is 2.79 bits per heavy atom. The quantitative estimate of drug-likeness (QED) is 0.805. The summed E-state index contributed by atoms with van der Waals surface area (Å²) in [6.07, 6.45) is 2.16. The molecule has 2 heterocycles. The molecule has 4 rings (SSSR count). The van der Waals surface area contributed by atoms with Gasteiger partial charge in [-0.15, -0.1) is 0 Å². The zero-order valence-corrected chi connectivity index (χ0v) is 13.3. The van der Waals surface area contributed by atoms with E-state index in [1.807, 2.05) is 59.2 Å². The van der Waals surface area contributed by atoms with E-state index < -0.39 is 0 Å². The minimum absolute atomic E-state index is 0.000925. The zero-order valence-electron chi connectivity index (χ0n) is 13.3. The molecule has 2 aromatic carbocycles. The lowest BCUT2D eigenvalue weighted by atomic mass is 9.90. The Bertz CT molecular complexity index is 887. The van der Waals surface area contributed by atoms with Crippen LogP contribution in [-0.4, -0.2) is 22.6 Å². The van der Waals surface area contributed by atoms with Crippen LogP contribution in [0.15, 0.2) is 60.9 Å². The third kappa shape index (κ3) is 2.44. The molecule has 0 aliphatic carbocycles. The van der Waals surface area contributed by atoms with E-state index in [0.29, 0.717) is 6.42 Å². The predicted octanol–water partition coefficient (Wildman–Crippen LogP) is 3.36. The number of amides is 1. The van der Waals surface area contributed by atoms with E-state index in [1.165, 1.54) is 0 Å². The second kappa shape index (κ2) is 5.85. The van der Waals surface area contributed by atoms with Gasteiger partial charge in [0.2, 0.25) is 5.91 Å². The molecule has 0 saturated carbocycles. The van der Waals surface area contributed by atoms with E-state index in [9.17, 15) is 4.79 Å². The molecule has 5 nitrogen and oxygen atoms in total. The van der Waals surface area contributed by atoms with Crippen LogP contribution in [0.3, 0.4) is 0 Å². The van der Waals surface area contributed by atoms with E-state index in [4.69, 9.17) is 4.74 Å². The maximum Gasteiger partial charge on any atom is 0.226 e. The molecule has 0 bridgehead atoms. The van der Waals surface area contributed by atoms with Crippen LogP contribution in [-0.2, 0) is 4.79 Å². The minimum Gasteiger partial charge on any atom is -0.497 e. The number of nitrogens with one attached hydrogen (secondary N) is 1. The third-order valence-corrected chi connectivity index (χ3v) is 4.31. The molecule has 1 atom stereocenters. The van der Waals surface area contributed by atoms with Gasteiger partial charge in [0.25, 0.3) is 0 Å². The molecule has 5 heteroatoms. The van der Waals surface area contributed by atoms with E-state index in [-0.39, 0.29) is 11.8 Å². The van der Waals surface area contributed by atoms with Crippen LogP contribution in [0.4, 0.5) is 5.82 Å². The van der Waals surface area contributed by atoms with Gasteiger partial charge in [0.15, 0.2) is 0 Å². The van der Waals surface area contributed by atoms with Crippen molar-refractivity contribution in [3.63, 3.8) is 0 Å². The molecular formula is C19H17N3O2. The maximum absolute atomic E-state index is 12.2. The Kier molecular flexibility index (Phi) is 3.54. The molecule has 1 amide bonds. The number of ether oxygens (including phenoxy) is 1. The highest BCUT2D eigenvalue weighted by Crippen LogP contribution is 2.37. The normalized spacial score (nSPS) is 16.4. The average molecular weight is 319 g/mol. The SMILES string of the molecule is COc1cccc(-n2cnc3c2NC(=O)CC3c2ccccc2)c1. The fourth-order valence-corrected chi connectivity index (χ4v) is 3.12. The molecule has 0 saturated heterocycles. The number of fused-ring (bicyclic) bond motifs is 1. The van der Waals surface area contributed by atoms with Crippen molar-refractivity contribution in [2.45, 2.75) is 12.3 Å². The maximum atomic E-state index is 12.2. The number of anilines is 1. The number of imidazole rings is 1. The molecule has 3 aromatic rings. The summed E-state index contributed by atoms with van der Waals surface area (Å²) in [5.74, 6) is 1.47. The third-order valence-electron chi connectivity index (χ3n) is 4.31. The first-order valence-corrected chi connectivity index (χ1v) is 7.82. The van der Waals surface area contributed by atoms with Crippen molar-refractivity contribution >= 4 is 11.7 Å². The van der Waals surface area contributed by atoms with Crippen molar-refractivity contribution in [1.82, 2.24) is 9.55 Å². The van der Waals surface area contributed by atoms with Gasteiger partial charge in [-0.05, 0) is 17.7 Å². The first-order chi connectivity index (χ1) is 11.8. The monoisotopic (exact) mass is 319 g/mol. The number of methoxy groups -OCH3 is 1. The van der Waals surface area contributed by atoms with Crippen molar-refractivity contribution < 1.29 is 9.53 Å². The Hall–Kier alpha value is -3.08. The lowest BCUT2D eigenvalue weighted by Gasteiger charge is -2.23. The topological polar surface area (TPSA) is 56.1 Å². The van der Waals surface area contributed by atoms with Gasteiger partial charge in [-0.25, -0.2) is 4.98 Å². The molecule has 24 heavy (non-hydrogen) atoms. The highest BCUT2D eigenvalue weighted by Gasteiger charge is 2.30. The van der Waals surface area contributed by atoms with Crippen LogP contribution in [0.1, 0.15) is 23.6 Å². The first-order valence-electron chi connectivity index (χ1n) is 7.82. The number of carbonyl (C=O) groups excluding carboxylic acids is 1. The summed E-state index contributed by atoms with van der Waals surface area (Å²) >= 11 is 0. The molecule has 1 aliphatic rings. The molecule has 1 unspecified atom stereocenters. The van der Waals surface area contributed by atoms with Crippen LogP contribution in [0.5, 0.6) is 5.75 Å². The van der Waals surface area contributed by atoms with Gasteiger partial charge >= 0.3 is 0 Å². The number of hydrogen-bond acceptors (Lipinski definition) is 3. The summed E-state index contributed by atoms with van der Waals surface area (Å²) in [5, 5.41) is 2.96. The van der Waals surface area contributed by atoms with Gasteiger partial charge in [-0.1, -0.05) is 36.4 Å². The molecular weight excluding hydrogens is 302 g/mol. The van der Waals surface area contributed by atoms with E-state index in [0.717, 1.165) is 28.5 Å². The van der Waals surface area contributed by atoms with E-state index >= 15 is 0 Å². The van der Waals surface area contributed by atoms with Crippen LogP contribution >= 0.6 is 0 Å². The Labute approximate surface area is 139 Å². The Morgan fingerprint density at radius 2 is 2.00 bits per heavy atom. The van der Waals surface area contributed by atoms with E-state index in [1.54, 1.807) is 13.4 Å². The first kappa shape index (κ1) is 14.5. The second-order valence-corrected chi connectivity index (χ2v) is 5.77. The Balaban J connectivity index is 1.81.